The number of ether oxygens (including phenoxy) is 1. The van der Waals surface area contributed by atoms with E-state index in [1.807, 2.05) is 13.8 Å². The van der Waals surface area contributed by atoms with Gasteiger partial charge >= 0.3 is 12.2 Å². The highest BCUT2D eigenvalue weighted by Crippen LogP contribution is 2.30. The highest BCUT2D eigenvalue weighted by Gasteiger charge is 2.34. The van der Waals surface area contributed by atoms with Crippen LogP contribution in [0.5, 0.6) is 11.9 Å². The fourth-order valence-electron chi connectivity index (χ4n) is 0.864. The predicted molar refractivity (Wildman–Crippen MR) is 49.0 cm³/mol. The van der Waals surface area contributed by atoms with Crippen molar-refractivity contribution >= 4 is 0 Å². The molecule has 90 valence electrons. The van der Waals surface area contributed by atoms with Crippen molar-refractivity contribution in [2.45, 2.75) is 20.0 Å². The Morgan fingerprint density at radius 3 is 2.50 bits per heavy atom. The van der Waals surface area contributed by atoms with Crippen molar-refractivity contribution in [3.05, 3.63) is 11.8 Å². The minimum atomic E-state index is -4.63. The molecule has 0 unspecified atom stereocenters. The van der Waals surface area contributed by atoms with Gasteiger partial charge < -0.3 is 9.84 Å². The Labute approximate surface area is 90.1 Å². The summed E-state index contributed by atoms with van der Waals surface area (Å²) in [4.78, 5) is 6.50. The maximum atomic E-state index is 12.3. The molecule has 1 rings (SSSR count). The lowest BCUT2D eigenvalue weighted by atomic mass is 10.2. The SMILES string of the molecule is CC(C)COc1nc(O)cc(C(F)(F)F)n1. The molecular formula is C9H11F3N2O2. The summed E-state index contributed by atoms with van der Waals surface area (Å²) < 4.78 is 41.8. The van der Waals surface area contributed by atoms with E-state index in [0.29, 0.717) is 6.07 Å². The van der Waals surface area contributed by atoms with Gasteiger partial charge in [0.1, 0.15) is 0 Å². The van der Waals surface area contributed by atoms with Crippen LogP contribution in [0.3, 0.4) is 0 Å². The molecule has 1 heterocycles. The van der Waals surface area contributed by atoms with Gasteiger partial charge in [-0.05, 0) is 5.92 Å². The lowest BCUT2D eigenvalue weighted by Crippen LogP contribution is -2.12. The Morgan fingerprint density at radius 2 is 2.00 bits per heavy atom. The van der Waals surface area contributed by atoms with Gasteiger partial charge in [0, 0.05) is 6.07 Å². The monoisotopic (exact) mass is 236 g/mol. The van der Waals surface area contributed by atoms with Crippen LogP contribution in [-0.4, -0.2) is 21.7 Å². The first kappa shape index (κ1) is 12.5. The molecule has 16 heavy (non-hydrogen) atoms. The van der Waals surface area contributed by atoms with E-state index in [9.17, 15) is 13.2 Å². The third kappa shape index (κ3) is 3.56. The van der Waals surface area contributed by atoms with Gasteiger partial charge in [0.05, 0.1) is 6.61 Å². The van der Waals surface area contributed by atoms with Crippen LogP contribution in [0.2, 0.25) is 0 Å². The van der Waals surface area contributed by atoms with Gasteiger partial charge in [-0.25, -0.2) is 0 Å². The second kappa shape index (κ2) is 4.54. The van der Waals surface area contributed by atoms with Crippen LogP contribution >= 0.6 is 0 Å². The molecule has 0 bridgehead atoms. The fourth-order valence-corrected chi connectivity index (χ4v) is 0.864. The number of alkyl halides is 3. The Kier molecular flexibility index (Phi) is 3.56. The summed E-state index contributed by atoms with van der Waals surface area (Å²) >= 11 is 0. The third-order valence-electron chi connectivity index (χ3n) is 1.53. The maximum absolute atomic E-state index is 12.3. The van der Waals surface area contributed by atoms with Gasteiger partial charge in [-0.15, -0.1) is 0 Å². The molecule has 1 aromatic heterocycles. The molecule has 0 aliphatic heterocycles. The van der Waals surface area contributed by atoms with E-state index in [0.717, 1.165) is 0 Å². The molecule has 1 aromatic rings. The van der Waals surface area contributed by atoms with E-state index < -0.39 is 23.8 Å². The highest BCUT2D eigenvalue weighted by atomic mass is 19.4. The number of halogens is 3. The number of aromatic hydroxyl groups is 1. The molecule has 0 saturated heterocycles. The Bertz CT molecular complexity index is 366. The van der Waals surface area contributed by atoms with E-state index in [1.54, 1.807) is 0 Å². The lowest BCUT2D eigenvalue weighted by Gasteiger charge is -2.10. The quantitative estimate of drug-likeness (QED) is 0.874. The molecule has 0 atom stereocenters. The average Bonchev–Trinajstić information content (AvgIpc) is 2.12. The molecule has 0 saturated carbocycles. The summed E-state index contributed by atoms with van der Waals surface area (Å²) in [5.74, 6) is -0.638. The van der Waals surface area contributed by atoms with Crippen molar-refractivity contribution < 1.29 is 23.0 Å². The molecule has 0 aromatic carbocycles. The number of hydrogen-bond donors (Lipinski definition) is 1. The highest BCUT2D eigenvalue weighted by molar-refractivity contribution is 5.19. The normalized spacial score (nSPS) is 11.9. The number of aromatic nitrogens is 2. The largest absolute Gasteiger partial charge is 0.493 e. The maximum Gasteiger partial charge on any atom is 0.433 e. The first-order valence-electron chi connectivity index (χ1n) is 4.57. The van der Waals surface area contributed by atoms with Crippen molar-refractivity contribution in [3.8, 4) is 11.9 Å². The fraction of sp³-hybridized carbons (Fsp3) is 0.556. The van der Waals surface area contributed by atoms with Gasteiger partial charge in [0.25, 0.3) is 0 Å². The zero-order chi connectivity index (χ0) is 12.3. The number of hydrogen-bond acceptors (Lipinski definition) is 4. The van der Waals surface area contributed by atoms with Gasteiger partial charge in [-0.2, -0.15) is 23.1 Å². The smallest absolute Gasteiger partial charge is 0.433 e. The molecule has 0 radical (unpaired) electrons. The van der Waals surface area contributed by atoms with E-state index in [1.165, 1.54) is 0 Å². The summed E-state index contributed by atoms with van der Waals surface area (Å²) in [6, 6.07) is -0.0246. The molecule has 1 N–H and O–H groups in total. The van der Waals surface area contributed by atoms with Crippen LogP contribution in [0.25, 0.3) is 0 Å². The summed E-state index contributed by atoms with van der Waals surface area (Å²) in [5, 5.41) is 8.99. The zero-order valence-corrected chi connectivity index (χ0v) is 8.75. The molecule has 4 nitrogen and oxygen atoms in total. The zero-order valence-electron chi connectivity index (χ0n) is 8.75. The van der Waals surface area contributed by atoms with Gasteiger partial charge in [-0.3, -0.25) is 0 Å². The minimum Gasteiger partial charge on any atom is -0.493 e. The summed E-state index contributed by atoms with van der Waals surface area (Å²) in [6.45, 7) is 3.84. The van der Waals surface area contributed by atoms with Crippen molar-refractivity contribution in [1.29, 1.82) is 0 Å². The van der Waals surface area contributed by atoms with Gasteiger partial charge in [0.15, 0.2) is 5.69 Å². The molecule has 7 heteroatoms. The number of nitrogens with zero attached hydrogens (tertiary/aromatic N) is 2. The Balaban J connectivity index is 2.90. The second-order valence-electron chi connectivity index (χ2n) is 3.60. The van der Waals surface area contributed by atoms with Crippen LogP contribution in [0.15, 0.2) is 6.07 Å². The van der Waals surface area contributed by atoms with Crippen molar-refractivity contribution in [2.24, 2.45) is 5.92 Å². The average molecular weight is 236 g/mol. The molecular weight excluding hydrogens is 225 g/mol. The van der Waals surface area contributed by atoms with Crippen molar-refractivity contribution in [2.75, 3.05) is 6.61 Å². The second-order valence-corrected chi connectivity index (χ2v) is 3.60. The first-order chi connectivity index (χ1) is 7.29. The van der Waals surface area contributed by atoms with Gasteiger partial charge in [-0.1, -0.05) is 13.8 Å². The third-order valence-corrected chi connectivity index (χ3v) is 1.53. The van der Waals surface area contributed by atoms with Crippen LogP contribution in [0.1, 0.15) is 19.5 Å². The van der Waals surface area contributed by atoms with E-state index in [4.69, 9.17) is 9.84 Å². The first-order valence-corrected chi connectivity index (χ1v) is 4.57. The predicted octanol–water partition coefficient (Wildman–Crippen LogP) is 2.24. The minimum absolute atomic E-state index is 0.125. The van der Waals surface area contributed by atoms with Crippen LogP contribution < -0.4 is 4.74 Å². The van der Waals surface area contributed by atoms with Crippen LogP contribution in [0.4, 0.5) is 13.2 Å². The topological polar surface area (TPSA) is 55.2 Å². The molecule has 0 amide bonds. The Hall–Kier alpha value is -1.53. The van der Waals surface area contributed by atoms with Gasteiger partial charge in [0.2, 0.25) is 5.88 Å². The standard InChI is InChI=1S/C9H11F3N2O2/c1-5(2)4-16-8-13-6(9(10,11)12)3-7(15)14-8/h3,5H,4H2,1-2H3,(H,13,14,15). The van der Waals surface area contributed by atoms with Crippen LogP contribution in [0, 0.1) is 5.92 Å². The van der Waals surface area contributed by atoms with E-state index in [-0.39, 0.29) is 12.5 Å². The molecule has 0 spiro atoms. The number of rotatable bonds is 3. The molecule has 0 aliphatic rings. The summed E-state index contributed by atoms with van der Waals surface area (Å²) in [7, 11) is 0. The van der Waals surface area contributed by atoms with Crippen molar-refractivity contribution in [3.63, 3.8) is 0 Å². The Morgan fingerprint density at radius 1 is 1.38 bits per heavy atom. The lowest BCUT2D eigenvalue weighted by molar-refractivity contribution is -0.141. The molecule has 0 aliphatic carbocycles. The van der Waals surface area contributed by atoms with E-state index >= 15 is 0 Å². The summed E-state index contributed by atoms with van der Waals surface area (Å²) in [6.07, 6.45) is -4.63. The van der Waals surface area contributed by atoms with E-state index in [2.05, 4.69) is 9.97 Å². The van der Waals surface area contributed by atoms with Crippen LogP contribution in [-0.2, 0) is 6.18 Å². The molecule has 0 fully saturated rings. The summed E-state index contributed by atoms with van der Waals surface area (Å²) in [5.41, 5.74) is -1.22. The van der Waals surface area contributed by atoms with Crippen molar-refractivity contribution in [1.82, 2.24) is 9.97 Å².